The monoisotopic (exact) mass is 236 g/mol. The SMILES string of the molecule is ClCCc1cn(CCc2ccccn2)nn1. The Morgan fingerprint density at radius 1 is 1.19 bits per heavy atom. The van der Waals surface area contributed by atoms with Gasteiger partial charge < -0.3 is 0 Å². The fourth-order valence-corrected chi connectivity index (χ4v) is 1.63. The highest BCUT2D eigenvalue weighted by Crippen LogP contribution is 2.00. The Kier molecular flexibility index (Phi) is 3.88. The molecule has 0 saturated carbocycles. The summed E-state index contributed by atoms with van der Waals surface area (Å²) in [5.41, 5.74) is 2.01. The third-order valence-corrected chi connectivity index (χ3v) is 2.45. The zero-order valence-electron chi connectivity index (χ0n) is 8.88. The molecule has 0 saturated heterocycles. The topological polar surface area (TPSA) is 43.6 Å². The number of hydrogen-bond donors (Lipinski definition) is 0. The van der Waals surface area contributed by atoms with E-state index in [0.717, 1.165) is 30.8 Å². The van der Waals surface area contributed by atoms with Crippen molar-refractivity contribution < 1.29 is 0 Å². The van der Waals surface area contributed by atoms with Gasteiger partial charge in [0, 0.05) is 43.4 Å². The minimum absolute atomic E-state index is 0.582. The highest BCUT2D eigenvalue weighted by Gasteiger charge is 2.00. The summed E-state index contributed by atoms with van der Waals surface area (Å²) >= 11 is 5.63. The smallest absolute Gasteiger partial charge is 0.0839 e. The largest absolute Gasteiger partial charge is 0.261 e. The average molecular weight is 237 g/mol. The fourth-order valence-electron chi connectivity index (χ4n) is 1.43. The first-order chi connectivity index (χ1) is 7.88. The maximum Gasteiger partial charge on any atom is 0.0839 e. The summed E-state index contributed by atoms with van der Waals surface area (Å²) in [6.07, 6.45) is 5.37. The van der Waals surface area contributed by atoms with Crippen LogP contribution in [0.3, 0.4) is 0 Å². The molecular formula is C11H13ClN4. The van der Waals surface area contributed by atoms with Crippen LogP contribution in [-0.4, -0.2) is 25.9 Å². The Hall–Kier alpha value is -1.42. The summed E-state index contributed by atoms with van der Waals surface area (Å²) in [5, 5.41) is 8.06. The second-order valence-corrected chi connectivity index (χ2v) is 3.86. The van der Waals surface area contributed by atoms with Gasteiger partial charge in [-0.3, -0.25) is 9.67 Å². The second kappa shape index (κ2) is 5.61. The number of halogens is 1. The van der Waals surface area contributed by atoms with E-state index < -0.39 is 0 Å². The van der Waals surface area contributed by atoms with Crippen molar-refractivity contribution in [1.82, 2.24) is 20.0 Å². The molecule has 5 heteroatoms. The van der Waals surface area contributed by atoms with E-state index in [9.17, 15) is 0 Å². The first kappa shape index (κ1) is 11.1. The molecule has 0 aliphatic heterocycles. The van der Waals surface area contributed by atoms with E-state index in [2.05, 4.69) is 15.3 Å². The second-order valence-electron chi connectivity index (χ2n) is 3.48. The molecule has 2 aromatic rings. The predicted octanol–water partition coefficient (Wildman–Crippen LogP) is 1.70. The molecule has 2 rings (SSSR count). The zero-order chi connectivity index (χ0) is 11.2. The Bertz CT molecular complexity index is 427. The van der Waals surface area contributed by atoms with Crippen LogP contribution < -0.4 is 0 Å². The lowest BCUT2D eigenvalue weighted by Crippen LogP contribution is -2.03. The Morgan fingerprint density at radius 3 is 2.88 bits per heavy atom. The maximum absolute atomic E-state index is 5.63. The quantitative estimate of drug-likeness (QED) is 0.743. The fraction of sp³-hybridized carbons (Fsp3) is 0.364. The van der Waals surface area contributed by atoms with Crippen LogP contribution >= 0.6 is 11.6 Å². The van der Waals surface area contributed by atoms with Crippen molar-refractivity contribution in [3.05, 3.63) is 42.0 Å². The van der Waals surface area contributed by atoms with Gasteiger partial charge in [0.15, 0.2) is 0 Å². The van der Waals surface area contributed by atoms with Gasteiger partial charge in [0.1, 0.15) is 0 Å². The lowest BCUT2D eigenvalue weighted by molar-refractivity contribution is 0.584. The van der Waals surface area contributed by atoms with Gasteiger partial charge in [-0.15, -0.1) is 16.7 Å². The lowest BCUT2D eigenvalue weighted by atomic mass is 10.3. The number of pyridine rings is 1. The van der Waals surface area contributed by atoms with Crippen LogP contribution in [0, 0.1) is 0 Å². The first-order valence-electron chi connectivity index (χ1n) is 5.23. The highest BCUT2D eigenvalue weighted by atomic mass is 35.5. The third-order valence-electron chi connectivity index (χ3n) is 2.26. The summed E-state index contributed by atoms with van der Waals surface area (Å²) in [5.74, 6) is 0.582. The molecule has 0 unspecified atom stereocenters. The van der Waals surface area contributed by atoms with Crippen molar-refractivity contribution in [3.8, 4) is 0 Å². The van der Waals surface area contributed by atoms with Crippen LogP contribution in [0.1, 0.15) is 11.4 Å². The molecule has 4 nitrogen and oxygen atoms in total. The molecular weight excluding hydrogens is 224 g/mol. The molecule has 16 heavy (non-hydrogen) atoms. The molecule has 0 radical (unpaired) electrons. The predicted molar refractivity (Wildman–Crippen MR) is 62.4 cm³/mol. The number of aryl methyl sites for hydroxylation is 3. The lowest BCUT2D eigenvalue weighted by Gasteiger charge is -1.99. The molecule has 0 aromatic carbocycles. The van der Waals surface area contributed by atoms with E-state index in [0.29, 0.717) is 5.88 Å². The summed E-state index contributed by atoms with van der Waals surface area (Å²) in [6.45, 7) is 0.798. The van der Waals surface area contributed by atoms with Crippen LogP contribution in [0.2, 0.25) is 0 Å². The summed E-state index contributed by atoms with van der Waals surface area (Å²) in [6, 6.07) is 5.91. The number of aromatic nitrogens is 4. The van der Waals surface area contributed by atoms with Crippen molar-refractivity contribution in [2.75, 3.05) is 5.88 Å². The first-order valence-corrected chi connectivity index (χ1v) is 5.77. The standard InChI is InChI=1S/C11H13ClN4/c12-6-4-11-9-16(15-14-11)8-5-10-3-1-2-7-13-10/h1-3,7,9H,4-6,8H2. The molecule has 0 N–H and O–H groups in total. The number of hydrogen-bond acceptors (Lipinski definition) is 3. The van der Waals surface area contributed by atoms with Gasteiger partial charge in [-0.2, -0.15) is 0 Å². The van der Waals surface area contributed by atoms with E-state index >= 15 is 0 Å². The molecule has 0 fully saturated rings. The molecule has 2 heterocycles. The van der Waals surface area contributed by atoms with Crippen LogP contribution in [0.5, 0.6) is 0 Å². The molecule has 0 atom stereocenters. The summed E-state index contributed by atoms with van der Waals surface area (Å²) < 4.78 is 1.83. The third kappa shape index (κ3) is 3.03. The van der Waals surface area contributed by atoms with Gasteiger partial charge in [-0.25, -0.2) is 0 Å². The van der Waals surface area contributed by atoms with Crippen molar-refractivity contribution in [2.24, 2.45) is 0 Å². The highest BCUT2D eigenvalue weighted by molar-refractivity contribution is 6.17. The average Bonchev–Trinajstić information content (AvgIpc) is 2.76. The van der Waals surface area contributed by atoms with Crippen molar-refractivity contribution in [2.45, 2.75) is 19.4 Å². The Balaban J connectivity index is 1.89. The number of nitrogens with zero attached hydrogens (tertiary/aromatic N) is 4. The molecule has 0 aliphatic carbocycles. The van der Waals surface area contributed by atoms with Gasteiger partial charge in [-0.1, -0.05) is 11.3 Å². The molecule has 0 bridgehead atoms. The van der Waals surface area contributed by atoms with Crippen molar-refractivity contribution in [1.29, 1.82) is 0 Å². The van der Waals surface area contributed by atoms with Gasteiger partial charge in [-0.05, 0) is 12.1 Å². The van der Waals surface area contributed by atoms with Crippen molar-refractivity contribution in [3.63, 3.8) is 0 Å². The zero-order valence-corrected chi connectivity index (χ0v) is 9.64. The molecule has 0 spiro atoms. The molecule has 0 aliphatic rings. The maximum atomic E-state index is 5.63. The van der Waals surface area contributed by atoms with E-state index in [1.807, 2.05) is 29.1 Å². The van der Waals surface area contributed by atoms with Gasteiger partial charge in [0.2, 0.25) is 0 Å². The Morgan fingerprint density at radius 2 is 2.12 bits per heavy atom. The number of alkyl halides is 1. The van der Waals surface area contributed by atoms with Gasteiger partial charge in [0.25, 0.3) is 0 Å². The normalized spacial score (nSPS) is 10.6. The van der Waals surface area contributed by atoms with Crippen LogP contribution in [0.4, 0.5) is 0 Å². The van der Waals surface area contributed by atoms with Crippen LogP contribution in [-0.2, 0) is 19.4 Å². The minimum atomic E-state index is 0.582. The molecule has 84 valence electrons. The Labute approximate surface area is 99.3 Å². The van der Waals surface area contributed by atoms with E-state index in [1.54, 1.807) is 6.20 Å². The van der Waals surface area contributed by atoms with E-state index in [4.69, 9.17) is 11.6 Å². The van der Waals surface area contributed by atoms with E-state index in [-0.39, 0.29) is 0 Å². The number of rotatable bonds is 5. The van der Waals surface area contributed by atoms with E-state index in [1.165, 1.54) is 0 Å². The summed E-state index contributed by atoms with van der Waals surface area (Å²) in [4.78, 5) is 4.25. The molecule has 0 amide bonds. The van der Waals surface area contributed by atoms with Gasteiger partial charge >= 0.3 is 0 Å². The van der Waals surface area contributed by atoms with Gasteiger partial charge in [0.05, 0.1) is 5.69 Å². The van der Waals surface area contributed by atoms with Crippen LogP contribution in [0.25, 0.3) is 0 Å². The van der Waals surface area contributed by atoms with Crippen LogP contribution in [0.15, 0.2) is 30.6 Å². The minimum Gasteiger partial charge on any atom is -0.261 e. The molecule has 2 aromatic heterocycles. The summed E-state index contributed by atoms with van der Waals surface area (Å²) in [7, 11) is 0. The van der Waals surface area contributed by atoms with Crippen molar-refractivity contribution >= 4 is 11.6 Å².